The van der Waals surface area contributed by atoms with Crippen molar-refractivity contribution in [2.24, 2.45) is 0 Å². The lowest BCUT2D eigenvalue weighted by atomic mass is 9.92. The second kappa shape index (κ2) is 6.62. The van der Waals surface area contributed by atoms with Gasteiger partial charge in [0.25, 0.3) is 0 Å². The molecule has 2 aromatic heterocycles. The molecule has 3 aromatic rings. The Morgan fingerprint density at radius 3 is 2.48 bits per heavy atom. The van der Waals surface area contributed by atoms with E-state index in [1.54, 1.807) is 12.4 Å². The first-order valence-corrected chi connectivity index (χ1v) is 8.66. The Labute approximate surface area is 149 Å². The molecule has 1 N–H and O–H groups in total. The van der Waals surface area contributed by atoms with E-state index in [1.165, 1.54) is 16.5 Å². The molecule has 0 amide bonds. The zero-order valence-electron chi connectivity index (χ0n) is 15.7. The Hall–Kier alpha value is -2.17. The van der Waals surface area contributed by atoms with Crippen LogP contribution in [0.3, 0.4) is 0 Å². The first-order chi connectivity index (χ1) is 11.8. The van der Waals surface area contributed by atoms with E-state index in [4.69, 9.17) is 0 Å². The van der Waals surface area contributed by atoms with Gasteiger partial charge in [0.2, 0.25) is 0 Å². The number of benzene rings is 1. The van der Waals surface area contributed by atoms with Crippen molar-refractivity contribution in [1.82, 2.24) is 14.5 Å². The smallest absolute Gasteiger partial charge is 0.0970 e. The van der Waals surface area contributed by atoms with Gasteiger partial charge in [-0.15, -0.1) is 0 Å². The molecule has 132 valence electrons. The van der Waals surface area contributed by atoms with Crippen LogP contribution in [-0.4, -0.2) is 33.7 Å². The fourth-order valence-electron chi connectivity index (χ4n) is 3.17. The zero-order valence-corrected chi connectivity index (χ0v) is 15.7. The van der Waals surface area contributed by atoms with E-state index < -0.39 is 6.10 Å². The lowest BCUT2D eigenvalue weighted by molar-refractivity contribution is 0.157. The van der Waals surface area contributed by atoms with Gasteiger partial charge in [-0.1, -0.05) is 11.6 Å². The Kier molecular flexibility index (Phi) is 4.67. The highest BCUT2D eigenvalue weighted by Gasteiger charge is 2.27. The molecule has 0 aliphatic heterocycles. The van der Waals surface area contributed by atoms with Gasteiger partial charge in [-0.05, 0) is 70.3 Å². The topological polar surface area (TPSA) is 41.3 Å². The molecule has 0 radical (unpaired) electrons. The van der Waals surface area contributed by atoms with Crippen molar-refractivity contribution in [3.8, 4) is 0 Å². The average Bonchev–Trinajstić information content (AvgIpc) is 2.93. The van der Waals surface area contributed by atoms with E-state index in [1.807, 2.05) is 12.1 Å². The van der Waals surface area contributed by atoms with Crippen molar-refractivity contribution in [3.05, 3.63) is 65.6 Å². The lowest BCUT2D eigenvalue weighted by Crippen LogP contribution is -2.35. The monoisotopic (exact) mass is 337 g/mol. The minimum Gasteiger partial charge on any atom is -0.387 e. The van der Waals surface area contributed by atoms with Crippen molar-refractivity contribution in [3.63, 3.8) is 0 Å². The van der Waals surface area contributed by atoms with Crippen molar-refractivity contribution in [2.45, 2.75) is 39.0 Å². The van der Waals surface area contributed by atoms with Gasteiger partial charge in [0.1, 0.15) is 0 Å². The van der Waals surface area contributed by atoms with Crippen LogP contribution in [0.2, 0.25) is 0 Å². The van der Waals surface area contributed by atoms with Crippen LogP contribution >= 0.6 is 0 Å². The van der Waals surface area contributed by atoms with Crippen molar-refractivity contribution < 1.29 is 5.11 Å². The summed E-state index contributed by atoms with van der Waals surface area (Å²) < 4.78 is 2.17. The summed E-state index contributed by atoms with van der Waals surface area (Å²) in [5.41, 5.74) is 4.47. The van der Waals surface area contributed by atoms with Crippen LogP contribution in [0.4, 0.5) is 0 Å². The second-order valence-electron chi connectivity index (χ2n) is 7.47. The van der Waals surface area contributed by atoms with Gasteiger partial charge in [-0.2, -0.15) is 0 Å². The molecule has 2 heterocycles. The molecule has 0 unspecified atom stereocenters. The molecule has 3 rings (SSSR count). The number of pyridine rings is 1. The predicted octanol–water partition coefficient (Wildman–Crippen LogP) is 3.88. The van der Waals surface area contributed by atoms with Crippen molar-refractivity contribution in [1.29, 1.82) is 0 Å². The number of nitrogens with zero attached hydrogens (tertiary/aromatic N) is 3. The van der Waals surface area contributed by atoms with E-state index in [0.29, 0.717) is 6.54 Å². The molecule has 4 nitrogen and oxygen atoms in total. The molecule has 0 saturated carbocycles. The molecule has 0 saturated heterocycles. The predicted molar refractivity (Wildman–Crippen MR) is 103 cm³/mol. The number of aryl methyl sites for hydroxylation is 1. The first-order valence-electron chi connectivity index (χ1n) is 8.66. The minimum absolute atomic E-state index is 0.0983. The summed E-state index contributed by atoms with van der Waals surface area (Å²) >= 11 is 0. The van der Waals surface area contributed by atoms with E-state index >= 15 is 0 Å². The summed E-state index contributed by atoms with van der Waals surface area (Å²) in [4.78, 5) is 6.26. The molecule has 4 heteroatoms. The van der Waals surface area contributed by atoms with Gasteiger partial charge in [0.05, 0.1) is 12.6 Å². The molecule has 0 spiro atoms. The Bertz CT molecular complexity index is 865. The number of rotatable bonds is 5. The maximum atomic E-state index is 10.7. The molecule has 0 aliphatic rings. The van der Waals surface area contributed by atoms with Crippen LogP contribution in [0.15, 0.2) is 48.9 Å². The third-order valence-corrected chi connectivity index (χ3v) is 5.27. The molecule has 0 bridgehead atoms. The molecular formula is C21H27N3O. The summed E-state index contributed by atoms with van der Waals surface area (Å²) in [6.07, 6.45) is 5.07. The Morgan fingerprint density at radius 1 is 1.16 bits per heavy atom. The average molecular weight is 337 g/mol. The van der Waals surface area contributed by atoms with Gasteiger partial charge in [0, 0.05) is 35.0 Å². The van der Waals surface area contributed by atoms with E-state index in [-0.39, 0.29) is 5.54 Å². The Morgan fingerprint density at radius 2 is 1.84 bits per heavy atom. The number of aliphatic hydroxyl groups is 1. The maximum Gasteiger partial charge on any atom is 0.0970 e. The quantitative estimate of drug-likeness (QED) is 0.768. The summed E-state index contributed by atoms with van der Waals surface area (Å²) in [6, 6.07) is 10.3. The molecule has 0 aliphatic carbocycles. The van der Waals surface area contributed by atoms with Gasteiger partial charge in [0.15, 0.2) is 0 Å². The highest BCUT2D eigenvalue weighted by molar-refractivity contribution is 5.85. The normalized spacial score (nSPS) is 13.6. The molecule has 1 aromatic carbocycles. The summed E-state index contributed by atoms with van der Waals surface area (Å²) in [5.74, 6) is 0. The van der Waals surface area contributed by atoms with Crippen LogP contribution in [0, 0.1) is 6.92 Å². The van der Waals surface area contributed by atoms with Crippen LogP contribution in [-0.2, 0) is 12.1 Å². The van der Waals surface area contributed by atoms with Crippen molar-refractivity contribution >= 4 is 10.9 Å². The molecule has 0 fully saturated rings. The van der Waals surface area contributed by atoms with Crippen LogP contribution in [0.25, 0.3) is 10.9 Å². The van der Waals surface area contributed by atoms with Crippen LogP contribution < -0.4 is 0 Å². The second-order valence-corrected chi connectivity index (χ2v) is 7.47. The third-order valence-electron chi connectivity index (χ3n) is 5.27. The van der Waals surface area contributed by atoms with Crippen LogP contribution in [0.1, 0.15) is 36.6 Å². The van der Waals surface area contributed by atoms with Gasteiger partial charge < -0.3 is 14.6 Å². The largest absolute Gasteiger partial charge is 0.387 e. The highest BCUT2D eigenvalue weighted by atomic mass is 16.3. The number of aromatic nitrogens is 2. The minimum atomic E-state index is -0.560. The fraction of sp³-hybridized carbons (Fsp3) is 0.381. The van der Waals surface area contributed by atoms with Gasteiger partial charge >= 0.3 is 0 Å². The SMILES string of the molecule is Cc1ccc2c(c1)c(C(C)(C)N(C)C)cn2C[C@H](O)c1ccncc1. The fourth-order valence-corrected chi connectivity index (χ4v) is 3.17. The number of fused-ring (bicyclic) bond motifs is 1. The van der Waals surface area contributed by atoms with E-state index in [2.05, 4.69) is 73.7 Å². The number of hydrogen-bond donors (Lipinski definition) is 1. The maximum absolute atomic E-state index is 10.7. The molecular weight excluding hydrogens is 310 g/mol. The summed E-state index contributed by atoms with van der Waals surface area (Å²) in [6.45, 7) is 7.10. The van der Waals surface area contributed by atoms with Gasteiger partial charge in [-0.3, -0.25) is 4.98 Å². The van der Waals surface area contributed by atoms with Crippen molar-refractivity contribution in [2.75, 3.05) is 14.1 Å². The number of aliphatic hydroxyl groups excluding tert-OH is 1. The van der Waals surface area contributed by atoms with Crippen LogP contribution in [0.5, 0.6) is 0 Å². The summed E-state index contributed by atoms with van der Waals surface area (Å²) in [7, 11) is 4.20. The third kappa shape index (κ3) is 3.32. The van der Waals surface area contributed by atoms with E-state index in [0.717, 1.165) is 11.1 Å². The highest BCUT2D eigenvalue weighted by Crippen LogP contribution is 2.34. The number of hydrogen-bond acceptors (Lipinski definition) is 3. The standard InChI is InChI=1S/C21H27N3O/c1-15-6-7-19-17(12-15)18(21(2,3)23(4)5)13-24(19)14-20(25)16-8-10-22-11-9-16/h6-13,20,25H,14H2,1-5H3/t20-/m0/s1. The lowest BCUT2D eigenvalue weighted by Gasteiger charge is -2.32. The Balaban J connectivity index is 2.07. The summed E-state index contributed by atoms with van der Waals surface area (Å²) in [5, 5.41) is 11.9. The zero-order chi connectivity index (χ0) is 18.2. The van der Waals surface area contributed by atoms with Gasteiger partial charge in [-0.25, -0.2) is 0 Å². The first kappa shape index (κ1) is 17.6. The molecule has 1 atom stereocenters. The van der Waals surface area contributed by atoms with E-state index in [9.17, 15) is 5.11 Å². The molecule has 25 heavy (non-hydrogen) atoms.